The standard InChI is InChI=1S/C16H25N3O4/c1-19(10-5-8-14(17)15(20)21)11-9-18-16(22)23-12-13-6-3-2-4-7-13/h2-4,6-7,14H,5,8-12,17H2,1H3,(H,18,22)(H,20,21)/t14-/m0/s1. The topological polar surface area (TPSA) is 105 Å². The molecule has 0 radical (unpaired) electrons. The Balaban J connectivity index is 2.06. The first-order valence-electron chi connectivity index (χ1n) is 7.60. The van der Waals surface area contributed by atoms with Gasteiger partial charge in [-0.25, -0.2) is 4.79 Å². The molecule has 0 unspecified atom stereocenters. The van der Waals surface area contributed by atoms with Gasteiger partial charge in [0.05, 0.1) is 0 Å². The minimum Gasteiger partial charge on any atom is -0.480 e. The Bertz CT molecular complexity index is 481. The predicted molar refractivity (Wildman–Crippen MR) is 87.0 cm³/mol. The van der Waals surface area contributed by atoms with Crippen LogP contribution in [0.5, 0.6) is 0 Å². The van der Waals surface area contributed by atoms with E-state index in [0.717, 1.165) is 12.1 Å². The molecule has 1 rings (SSSR count). The number of benzene rings is 1. The number of carboxylic acid groups (broad SMARTS) is 1. The number of hydrogen-bond donors (Lipinski definition) is 3. The third-order valence-corrected chi connectivity index (χ3v) is 3.35. The maximum absolute atomic E-state index is 11.5. The molecule has 7 heteroatoms. The molecule has 0 fully saturated rings. The highest BCUT2D eigenvalue weighted by atomic mass is 16.5. The maximum Gasteiger partial charge on any atom is 0.407 e. The molecule has 0 saturated heterocycles. The van der Waals surface area contributed by atoms with Crippen molar-refractivity contribution in [3.8, 4) is 0 Å². The van der Waals surface area contributed by atoms with Crippen LogP contribution in [0.15, 0.2) is 30.3 Å². The number of nitrogens with two attached hydrogens (primary N) is 1. The number of nitrogens with zero attached hydrogens (tertiary/aromatic N) is 1. The van der Waals surface area contributed by atoms with E-state index in [1.165, 1.54) is 0 Å². The van der Waals surface area contributed by atoms with Gasteiger partial charge < -0.3 is 25.8 Å². The fourth-order valence-electron chi connectivity index (χ4n) is 1.94. The minimum atomic E-state index is -0.976. The van der Waals surface area contributed by atoms with Crippen LogP contribution in [0, 0.1) is 0 Å². The number of aliphatic carboxylic acids is 1. The Morgan fingerprint density at radius 2 is 2.00 bits per heavy atom. The normalized spacial score (nSPS) is 12.0. The van der Waals surface area contributed by atoms with Crippen LogP contribution < -0.4 is 11.1 Å². The highest BCUT2D eigenvalue weighted by Crippen LogP contribution is 2.00. The number of carbonyl (C=O) groups is 2. The summed E-state index contributed by atoms with van der Waals surface area (Å²) in [5.74, 6) is -0.976. The van der Waals surface area contributed by atoms with Crippen LogP contribution in [0.2, 0.25) is 0 Å². The lowest BCUT2D eigenvalue weighted by Crippen LogP contribution is -2.35. The zero-order valence-corrected chi connectivity index (χ0v) is 13.4. The number of hydrogen-bond acceptors (Lipinski definition) is 5. The van der Waals surface area contributed by atoms with Crippen LogP contribution in [0.4, 0.5) is 4.79 Å². The molecule has 0 aromatic heterocycles. The predicted octanol–water partition coefficient (Wildman–Crippen LogP) is 1.04. The highest BCUT2D eigenvalue weighted by molar-refractivity contribution is 5.72. The van der Waals surface area contributed by atoms with Crippen LogP contribution >= 0.6 is 0 Å². The van der Waals surface area contributed by atoms with Gasteiger partial charge in [0.15, 0.2) is 0 Å². The second-order valence-corrected chi connectivity index (χ2v) is 5.38. The van der Waals surface area contributed by atoms with Crippen molar-refractivity contribution in [3.05, 3.63) is 35.9 Å². The molecule has 0 bridgehead atoms. The summed E-state index contributed by atoms with van der Waals surface area (Å²) < 4.78 is 5.10. The number of amides is 1. The van der Waals surface area contributed by atoms with Gasteiger partial charge in [0.1, 0.15) is 12.6 Å². The average molecular weight is 323 g/mol. The van der Waals surface area contributed by atoms with Gasteiger partial charge in [-0.15, -0.1) is 0 Å². The molecule has 0 aliphatic rings. The van der Waals surface area contributed by atoms with Gasteiger partial charge in [-0.05, 0) is 32.0 Å². The van der Waals surface area contributed by atoms with Crippen LogP contribution in [0.25, 0.3) is 0 Å². The van der Waals surface area contributed by atoms with Gasteiger partial charge >= 0.3 is 12.1 Å². The fraction of sp³-hybridized carbons (Fsp3) is 0.500. The summed E-state index contributed by atoms with van der Waals surface area (Å²) in [6, 6.07) is 8.66. The zero-order valence-electron chi connectivity index (χ0n) is 13.4. The maximum atomic E-state index is 11.5. The van der Waals surface area contributed by atoms with Crippen LogP contribution in [0.1, 0.15) is 18.4 Å². The minimum absolute atomic E-state index is 0.246. The van der Waals surface area contributed by atoms with E-state index in [-0.39, 0.29) is 6.61 Å². The Hall–Kier alpha value is -2.12. The lowest BCUT2D eigenvalue weighted by molar-refractivity contribution is -0.138. The van der Waals surface area contributed by atoms with Crippen molar-refractivity contribution in [1.29, 1.82) is 0 Å². The van der Waals surface area contributed by atoms with Crippen LogP contribution in [0.3, 0.4) is 0 Å². The molecule has 0 spiro atoms. The molecule has 1 amide bonds. The Morgan fingerprint density at radius 1 is 1.30 bits per heavy atom. The second kappa shape index (κ2) is 10.6. The molecule has 1 atom stereocenters. The van der Waals surface area contributed by atoms with E-state index in [2.05, 4.69) is 5.32 Å². The van der Waals surface area contributed by atoms with E-state index in [1.54, 1.807) is 0 Å². The van der Waals surface area contributed by atoms with E-state index in [0.29, 0.717) is 25.9 Å². The van der Waals surface area contributed by atoms with E-state index < -0.39 is 18.1 Å². The number of carboxylic acids is 1. The number of alkyl carbamates (subject to hydrolysis) is 1. The van der Waals surface area contributed by atoms with E-state index in [1.807, 2.05) is 42.3 Å². The largest absolute Gasteiger partial charge is 0.480 e. The fourth-order valence-corrected chi connectivity index (χ4v) is 1.94. The number of ether oxygens (including phenoxy) is 1. The van der Waals surface area contributed by atoms with E-state index in [9.17, 15) is 9.59 Å². The number of nitrogens with one attached hydrogen (secondary N) is 1. The first kappa shape index (κ1) is 18.9. The summed E-state index contributed by atoms with van der Waals surface area (Å²) in [6.45, 7) is 2.09. The molecule has 23 heavy (non-hydrogen) atoms. The average Bonchev–Trinajstić information content (AvgIpc) is 2.53. The Morgan fingerprint density at radius 3 is 2.65 bits per heavy atom. The molecule has 0 heterocycles. The van der Waals surface area contributed by atoms with Crippen molar-refractivity contribution >= 4 is 12.1 Å². The molecule has 0 saturated carbocycles. The van der Waals surface area contributed by atoms with Crippen molar-refractivity contribution in [1.82, 2.24) is 10.2 Å². The van der Waals surface area contributed by atoms with Crippen molar-refractivity contribution in [2.75, 3.05) is 26.7 Å². The third-order valence-electron chi connectivity index (χ3n) is 3.35. The number of carbonyl (C=O) groups excluding carboxylic acids is 1. The summed E-state index contributed by atoms with van der Waals surface area (Å²) >= 11 is 0. The van der Waals surface area contributed by atoms with Gasteiger partial charge in [-0.2, -0.15) is 0 Å². The summed E-state index contributed by atoms with van der Waals surface area (Å²) in [6.07, 6.45) is 0.685. The quantitative estimate of drug-likeness (QED) is 0.594. The van der Waals surface area contributed by atoms with Crippen molar-refractivity contribution in [2.24, 2.45) is 5.73 Å². The number of likely N-dealkylation sites (N-methyl/N-ethyl adjacent to an activating group) is 1. The zero-order chi connectivity index (χ0) is 17.1. The molecule has 128 valence electrons. The Kier molecular flexibility index (Phi) is 8.71. The summed E-state index contributed by atoms with van der Waals surface area (Å²) in [7, 11) is 1.91. The van der Waals surface area contributed by atoms with Crippen molar-refractivity contribution in [2.45, 2.75) is 25.5 Å². The SMILES string of the molecule is CN(CCC[C@H](N)C(=O)O)CCNC(=O)OCc1ccccc1. The second-order valence-electron chi connectivity index (χ2n) is 5.38. The lowest BCUT2D eigenvalue weighted by atomic mass is 10.1. The van der Waals surface area contributed by atoms with Crippen LogP contribution in [-0.4, -0.2) is 54.8 Å². The smallest absolute Gasteiger partial charge is 0.407 e. The van der Waals surface area contributed by atoms with Gasteiger partial charge in [-0.3, -0.25) is 4.79 Å². The Labute approximate surface area is 136 Å². The lowest BCUT2D eigenvalue weighted by Gasteiger charge is -2.17. The molecule has 0 aliphatic carbocycles. The molecule has 1 aromatic carbocycles. The van der Waals surface area contributed by atoms with Gasteiger partial charge in [0, 0.05) is 13.1 Å². The first-order chi connectivity index (χ1) is 11.0. The first-order valence-corrected chi connectivity index (χ1v) is 7.60. The highest BCUT2D eigenvalue weighted by Gasteiger charge is 2.11. The number of rotatable bonds is 10. The third kappa shape index (κ3) is 8.80. The summed E-state index contributed by atoms with van der Waals surface area (Å²) in [5.41, 5.74) is 6.37. The summed E-state index contributed by atoms with van der Waals surface area (Å²) in [4.78, 5) is 24.1. The van der Waals surface area contributed by atoms with Gasteiger partial charge in [0.25, 0.3) is 0 Å². The molecule has 1 aromatic rings. The molecular weight excluding hydrogens is 298 g/mol. The van der Waals surface area contributed by atoms with E-state index in [4.69, 9.17) is 15.6 Å². The van der Waals surface area contributed by atoms with Crippen molar-refractivity contribution in [3.63, 3.8) is 0 Å². The van der Waals surface area contributed by atoms with Crippen molar-refractivity contribution < 1.29 is 19.4 Å². The van der Waals surface area contributed by atoms with Crippen LogP contribution in [-0.2, 0) is 16.1 Å². The molecule has 7 nitrogen and oxygen atoms in total. The monoisotopic (exact) mass is 323 g/mol. The van der Waals surface area contributed by atoms with Gasteiger partial charge in [-0.1, -0.05) is 30.3 Å². The molecule has 4 N–H and O–H groups in total. The summed E-state index contributed by atoms with van der Waals surface area (Å²) in [5, 5.41) is 11.4. The molecular formula is C16H25N3O4. The molecule has 0 aliphatic heterocycles. The van der Waals surface area contributed by atoms with E-state index >= 15 is 0 Å². The van der Waals surface area contributed by atoms with Gasteiger partial charge in [0.2, 0.25) is 0 Å².